The maximum Gasteiger partial charge on any atom is 0.208 e. The van der Waals surface area contributed by atoms with Gasteiger partial charge in [-0.3, -0.25) is 9.80 Å². The first-order valence-electron chi connectivity index (χ1n) is 8.58. The lowest BCUT2D eigenvalue weighted by Crippen LogP contribution is -2.45. The molecule has 1 fully saturated rings. The number of aromatic nitrogens is 1. The van der Waals surface area contributed by atoms with Gasteiger partial charge in [0, 0.05) is 38.1 Å². The van der Waals surface area contributed by atoms with Gasteiger partial charge in [0.25, 0.3) is 0 Å². The van der Waals surface area contributed by atoms with Gasteiger partial charge >= 0.3 is 0 Å². The van der Waals surface area contributed by atoms with Crippen molar-refractivity contribution in [1.82, 2.24) is 14.8 Å². The molecule has 0 bridgehead atoms. The van der Waals surface area contributed by atoms with Crippen LogP contribution in [0.5, 0.6) is 5.75 Å². The SMILES string of the molecule is CC(C)(C)c1coc(CN2CCN(Cc3cccc(O)c3)CC2)n1. The van der Waals surface area contributed by atoms with Crippen molar-refractivity contribution in [3.8, 4) is 5.75 Å². The Bertz CT molecular complexity index is 667. The quantitative estimate of drug-likeness (QED) is 0.934. The molecule has 5 nitrogen and oxygen atoms in total. The van der Waals surface area contributed by atoms with Crippen LogP contribution >= 0.6 is 0 Å². The number of oxazole rings is 1. The summed E-state index contributed by atoms with van der Waals surface area (Å²) >= 11 is 0. The van der Waals surface area contributed by atoms with E-state index in [-0.39, 0.29) is 5.41 Å². The standard InChI is InChI=1S/C19H27N3O2/c1-19(2,3)17-14-24-18(20-17)13-22-9-7-21(8-10-22)12-15-5-4-6-16(23)11-15/h4-6,11,14,23H,7-10,12-13H2,1-3H3. The highest BCUT2D eigenvalue weighted by molar-refractivity contribution is 5.27. The Morgan fingerprint density at radius 2 is 1.75 bits per heavy atom. The highest BCUT2D eigenvalue weighted by atomic mass is 16.3. The fourth-order valence-corrected chi connectivity index (χ4v) is 2.94. The van der Waals surface area contributed by atoms with Gasteiger partial charge in [0.05, 0.1) is 12.2 Å². The summed E-state index contributed by atoms with van der Waals surface area (Å²) in [5, 5.41) is 9.56. The first-order chi connectivity index (χ1) is 11.4. The summed E-state index contributed by atoms with van der Waals surface area (Å²) in [6.07, 6.45) is 1.79. The van der Waals surface area contributed by atoms with E-state index in [0.717, 1.165) is 56.4 Å². The zero-order valence-corrected chi connectivity index (χ0v) is 14.8. The first kappa shape index (κ1) is 17.0. The third-order valence-electron chi connectivity index (χ3n) is 4.46. The summed E-state index contributed by atoms with van der Waals surface area (Å²) < 4.78 is 5.64. The van der Waals surface area contributed by atoms with Crippen LogP contribution in [-0.4, -0.2) is 46.1 Å². The number of benzene rings is 1. The molecule has 1 aromatic heterocycles. The molecule has 0 unspecified atom stereocenters. The molecule has 24 heavy (non-hydrogen) atoms. The molecule has 1 saturated heterocycles. The van der Waals surface area contributed by atoms with Gasteiger partial charge in [-0.15, -0.1) is 0 Å². The monoisotopic (exact) mass is 329 g/mol. The second-order valence-corrected chi connectivity index (χ2v) is 7.60. The second kappa shape index (κ2) is 6.95. The van der Waals surface area contributed by atoms with Crippen LogP contribution in [0.4, 0.5) is 0 Å². The molecule has 0 spiro atoms. The van der Waals surface area contributed by atoms with Gasteiger partial charge in [-0.2, -0.15) is 0 Å². The summed E-state index contributed by atoms with van der Waals surface area (Å²) in [6, 6.07) is 7.51. The molecule has 1 aliphatic heterocycles. The number of piperazine rings is 1. The van der Waals surface area contributed by atoms with E-state index in [1.165, 1.54) is 0 Å². The molecule has 2 heterocycles. The molecule has 5 heteroatoms. The topological polar surface area (TPSA) is 52.7 Å². The van der Waals surface area contributed by atoms with Crippen molar-refractivity contribution < 1.29 is 9.52 Å². The molecule has 1 aliphatic rings. The highest BCUT2D eigenvalue weighted by Crippen LogP contribution is 2.22. The predicted octanol–water partition coefficient (Wildman–Crippen LogP) is 3.00. The Morgan fingerprint density at radius 1 is 1.08 bits per heavy atom. The molecule has 0 atom stereocenters. The highest BCUT2D eigenvalue weighted by Gasteiger charge is 2.22. The van der Waals surface area contributed by atoms with Crippen molar-refractivity contribution in [2.75, 3.05) is 26.2 Å². The average molecular weight is 329 g/mol. The third-order valence-corrected chi connectivity index (χ3v) is 4.46. The van der Waals surface area contributed by atoms with E-state index in [1.54, 1.807) is 12.3 Å². The van der Waals surface area contributed by atoms with Gasteiger partial charge in [0.1, 0.15) is 12.0 Å². The van der Waals surface area contributed by atoms with Crippen molar-refractivity contribution >= 4 is 0 Å². The van der Waals surface area contributed by atoms with Gasteiger partial charge in [-0.25, -0.2) is 4.98 Å². The zero-order chi connectivity index (χ0) is 17.2. The molecule has 0 aliphatic carbocycles. The number of aromatic hydroxyl groups is 1. The normalized spacial score (nSPS) is 17.3. The Morgan fingerprint density at radius 3 is 2.33 bits per heavy atom. The molecule has 0 amide bonds. The first-order valence-corrected chi connectivity index (χ1v) is 8.58. The summed E-state index contributed by atoms with van der Waals surface area (Å²) in [4.78, 5) is 9.43. The zero-order valence-electron chi connectivity index (χ0n) is 14.8. The van der Waals surface area contributed by atoms with Gasteiger partial charge < -0.3 is 9.52 Å². The molecular formula is C19H27N3O2. The van der Waals surface area contributed by atoms with E-state index in [9.17, 15) is 5.11 Å². The van der Waals surface area contributed by atoms with Crippen molar-refractivity contribution in [1.29, 1.82) is 0 Å². The Hall–Kier alpha value is -1.85. The molecule has 1 N–H and O–H groups in total. The summed E-state index contributed by atoms with van der Waals surface area (Å²) in [7, 11) is 0. The molecule has 3 rings (SSSR count). The number of phenols is 1. The lowest BCUT2D eigenvalue weighted by Gasteiger charge is -2.34. The van der Waals surface area contributed by atoms with Gasteiger partial charge in [0.2, 0.25) is 5.89 Å². The van der Waals surface area contributed by atoms with Gasteiger partial charge in [0.15, 0.2) is 0 Å². The maximum atomic E-state index is 9.56. The minimum atomic E-state index is 0.0295. The molecule has 0 radical (unpaired) electrons. The fraction of sp³-hybridized carbons (Fsp3) is 0.526. The fourth-order valence-electron chi connectivity index (χ4n) is 2.94. The molecule has 2 aromatic rings. The van der Waals surface area contributed by atoms with Crippen LogP contribution in [0.2, 0.25) is 0 Å². The van der Waals surface area contributed by atoms with E-state index in [1.807, 2.05) is 12.1 Å². The van der Waals surface area contributed by atoms with E-state index >= 15 is 0 Å². The summed E-state index contributed by atoms with van der Waals surface area (Å²) in [6.45, 7) is 12.1. The Kier molecular flexibility index (Phi) is 4.92. The summed E-state index contributed by atoms with van der Waals surface area (Å²) in [5.41, 5.74) is 2.20. The molecule has 1 aromatic carbocycles. The van der Waals surface area contributed by atoms with Crippen molar-refractivity contribution in [3.63, 3.8) is 0 Å². The number of rotatable bonds is 4. The van der Waals surface area contributed by atoms with E-state index in [0.29, 0.717) is 5.75 Å². The maximum absolute atomic E-state index is 9.56. The molecule has 0 saturated carbocycles. The Balaban J connectivity index is 1.49. The number of hydrogen-bond acceptors (Lipinski definition) is 5. The second-order valence-electron chi connectivity index (χ2n) is 7.60. The van der Waals surface area contributed by atoms with Crippen molar-refractivity contribution in [2.45, 2.75) is 39.3 Å². The number of hydrogen-bond donors (Lipinski definition) is 1. The van der Waals surface area contributed by atoms with Crippen LogP contribution < -0.4 is 0 Å². The predicted molar refractivity (Wildman–Crippen MR) is 93.9 cm³/mol. The van der Waals surface area contributed by atoms with Crippen LogP contribution in [0.15, 0.2) is 34.9 Å². The van der Waals surface area contributed by atoms with Crippen LogP contribution in [0.25, 0.3) is 0 Å². The summed E-state index contributed by atoms with van der Waals surface area (Å²) in [5.74, 6) is 1.14. The van der Waals surface area contributed by atoms with Crippen LogP contribution in [0.1, 0.15) is 37.9 Å². The van der Waals surface area contributed by atoms with Gasteiger partial charge in [-0.05, 0) is 17.7 Å². The van der Waals surface area contributed by atoms with E-state index in [4.69, 9.17) is 4.42 Å². The van der Waals surface area contributed by atoms with E-state index in [2.05, 4.69) is 41.6 Å². The van der Waals surface area contributed by atoms with Crippen LogP contribution in [0, 0.1) is 0 Å². The largest absolute Gasteiger partial charge is 0.508 e. The van der Waals surface area contributed by atoms with Gasteiger partial charge in [-0.1, -0.05) is 32.9 Å². The number of nitrogens with zero attached hydrogens (tertiary/aromatic N) is 3. The van der Waals surface area contributed by atoms with E-state index < -0.39 is 0 Å². The molecule has 130 valence electrons. The minimum absolute atomic E-state index is 0.0295. The lowest BCUT2D eigenvalue weighted by atomic mass is 9.93. The average Bonchev–Trinajstić information content (AvgIpc) is 2.98. The smallest absolute Gasteiger partial charge is 0.208 e. The third kappa shape index (κ3) is 4.36. The number of phenolic OH excluding ortho intramolecular Hbond substituents is 1. The Labute approximate surface area is 143 Å². The van der Waals surface area contributed by atoms with Crippen LogP contribution in [0.3, 0.4) is 0 Å². The lowest BCUT2D eigenvalue weighted by molar-refractivity contribution is 0.114. The van der Waals surface area contributed by atoms with Crippen LogP contribution in [-0.2, 0) is 18.5 Å². The molecular weight excluding hydrogens is 302 g/mol. The minimum Gasteiger partial charge on any atom is -0.508 e. The van der Waals surface area contributed by atoms with Crippen molar-refractivity contribution in [3.05, 3.63) is 47.7 Å². The van der Waals surface area contributed by atoms with Crippen molar-refractivity contribution in [2.24, 2.45) is 0 Å².